The third-order valence-electron chi connectivity index (χ3n) is 8.00. The SMILES string of the molecule is CC.CCOc1cc(-c2ccc(Cl)cc2C(=O)N2CC(F)(F)C2)cc(NC(=O)c2cc(CNCC3CCCO3)cn(C3CC3)c2=O)n1. The van der Waals surface area contributed by atoms with Gasteiger partial charge in [0, 0.05) is 48.6 Å². The van der Waals surface area contributed by atoms with E-state index in [0.717, 1.165) is 42.8 Å². The van der Waals surface area contributed by atoms with Crippen molar-refractivity contribution in [2.45, 2.75) is 71.1 Å². The second-order valence-corrected chi connectivity index (χ2v) is 12.1. The monoisotopic (exact) mass is 671 g/mol. The lowest BCUT2D eigenvalue weighted by Crippen LogP contribution is -2.58. The maximum atomic E-state index is 13.6. The van der Waals surface area contributed by atoms with E-state index in [1.165, 1.54) is 12.1 Å². The molecule has 2 saturated heterocycles. The number of ether oxygens (including phenoxy) is 2. The number of halogens is 3. The Morgan fingerprint density at radius 3 is 2.53 bits per heavy atom. The summed E-state index contributed by atoms with van der Waals surface area (Å²) < 4.78 is 40.1. The molecule has 4 heterocycles. The first-order valence-electron chi connectivity index (χ1n) is 16.1. The minimum absolute atomic E-state index is 0.0236. The number of nitrogens with one attached hydrogen (secondary N) is 2. The van der Waals surface area contributed by atoms with Gasteiger partial charge in [0.25, 0.3) is 23.3 Å². The number of nitrogens with zero attached hydrogens (tertiary/aromatic N) is 3. The lowest BCUT2D eigenvalue weighted by molar-refractivity contribution is -0.113. The van der Waals surface area contributed by atoms with Crippen LogP contribution in [-0.2, 0) is 11.3 Å². The first-order valence-corrected chi connectivity index (χ1v) is 16.5. The normalized spacial score (nSPS) is 18.2. The molecule has 1 unspecified atom stereocenters. The van der Waals surface area contributed by atoms with Gasteiger partial charge in [0.15, 0.2) is 0 Å². The number of alkyl halides is 2. The molecule has 2 aliphatic heterocycles. The quantitative estimate of drug-likeness (QED) is 0.260. The third-order valence-corrected chi connectivity index (χ3v) is 8.23. The summed E-state index contributed by atoms with van der Waals surface area (Å²) in [6.07, 6.45) is 5.73. The van der Waals surface area contributed by atoms with Crippen molar-refractivity contribution in [3.8, 4) is 17.0 Å². The van der Waals surface area contributed by atoms with Crippen LogP contribution < -0.4 is 20.9 Å². The molecule has 10 nitrogen and oxygen atoms in total. The summed E-state index contributed by atoms with van der Waals surface area (Å²) >= 11 is 6.20. The predicted octanol–water partition coefficient (Wildman–Crippen LogP) is 5.94. The molecule has 0 spiro atoms. The van der Waals surface area contributed by atoms with Crippen LogP contribution in [0.1, 0.15) is 78.8 Å². The van der Waals surface area contributed by atoms with E-state index in [2.05, 4.69) is 15.6 Å². The molecule has 2 amide bonds. The van der Waals surface area contributed by atoms with Gasteiger partial charge in [-0.25, -0.2) is 8.78 Å². The number of rotatable bonds is 11. The Kier molecular flexibility index (Phi) is 10.9. The van der Waals surface area contributed by atoms with Crippen molar-refractivity contribution in [1.29, 1.82) is 0 Å². The molecule has 1 atom stereocenters. The molecule has 1 saturated carbocycles. The van der Waals surface area contributed by atoms with E-state index in [4.69, 9.17) is 21.1 Å². The molecule has 1 aliphatic carbocycles. The molecule has 0 bridgehead atoms. The maximum Gasteiger partial charge on any atom is 0.282 e. The molecule has 1 aromatic carbocycles. The largest absolute Gasteiger partial charge is 0.478 e. The molecule has 3 aliphatic rings. The number of anilines is 1. The minimum atomic E-state index is -2.93. The zero-order valence-electron chi connectivity index (χ0n) is 26.8. The van der Waals surface area contributed by atoms with Crippen LogP contribution >= 0.6 is 11.6 Å². The number of aromatic nitrogens is 2. The van der Waals surface area contributed by atoms with E-state index in [1.54, 1.807) is 42.0 Å². The van der Waals surface area contributed by atoms with Crippen molar-refractivity contribution in [3.05, 3.63) is 74.7 Å². The van der Waals surface area contributed by atoms with E-state index in [9.17, 15) is 23.2 Å². The highest BCUT2D eigenvalue weighted by molar-refractivity contribution is 6.31. The second-order valence-electron chi connectivity index (χ2n) is 11.6. The molecule has 2 aromatic heterocycles. The number of likely N-dealkylation sites (tertiary alicyclic amines) is 1. The van der Waals surface area contributed by atoms with Crippen molar-refractivity contribution in [2.24, 2.45) is 0 Å². The van der Waals surface area contributed by atoms with Crippen LogP contribution in [0.5, 0.6) is 5.88 Å². The molecular formula is C34H40ClF2N5O5. The van der Waals surface area contributed by atoms with Crippen molar-refractivity contribution in [3.63, 3.8) is 0 Å². The van der Waals surface area contributed by atoms with E-state index >= 15 is 0 Å². The maximum absolute atomic E-state index is 13.6. The Bertz CT molecular complexity index is 1670. The number of carbonyl (C=O) groups is 2. The highest BCUT2D eigenvalue weighted by Crippen LogP contribution is 2.35. The third kappa shape index (κ3) is 8.35. The molecule has 6 rings (SSSR count). The standard InChI is InChI=1S/C32H34ClF2N5O5.C2H6/c1-2-44-28-12-20(24-8-5-21(33)13-25(24)30(42)39-17-32(34,35)18-39)11-27(37-28)38-29(41)26-10-19(14-36-15-23-4-3-9-45-23)16-40(31(26)43)22-6-7-22;1-2/h5,8,10-13,16,22-23,36H,2-4,6-7,9,14-15,17-18H2,1H3,(H,37,38,41);1-2H3. The van der Waals surface area contributed by atoms with Gasteiger partial charge < -0.3 is 29.6 Å². The summed E-state index contributed by atoms with van der Waals surface area (Å²) in [5, 5.41) is 6.37. The Hall–Kier alpha value is -3.87. The fourth-order valence-electron chi connectivity index (χ4n) is 5.63. The Morgan fingerprint density at radius 2 is 1.87 bits per heavy atom. The summed E-state index contributed by atoms with van der Waals surface area (Å²) in [5.41, 5.74) is 1.34. The van der Waals surface area contributed by atoms with Gasteiger partial charge in [-0.2, -0.15) is 4.98 Å². The van der Waals surface area contributed by atoms with Crippen molar-refractivity contribution >= 4 is 29.2 Å². The van der Waals surface area contributed by atoms with Gasteiger partial charge in [-0.15, -0.1) is 0 Å². The summed E-state index contributed by atoms with van der Waals surface area (Å²) in [7, 11) is 0. The number of hydrogen-bond acceptors (Lipinski definition) is 7. The van der Waals surface area contributed by atoms with E-state index in [0.29, 0.717) is 24.2 Å². The first-order chi connectivity index (χ1) is 22.6. The number of amides is 2. The fraction of sp³-hybridized carbons (Fsp3) is 0.471. The van der Waals surface area contributed by atoms with E-state index in [1.807, 2.05) is 13.8 Å². The summed E-state index contributed by atoms with van der Waals surface area (Å²) in [6, 6.07) is 9.38. The van der Waals surface area contributed by atoms with Gasteiger partial charge in [-0.1, -0.05) is 31.5 Å². The molecule has 2 N–H and O–H groups in total. The van der Waals surface area contributed by atoms with Crippen molar-refractivity contribution in [1.82, 2.24) is 19.8 Å². The van der Waals surface area contributed by atoms with Crippen molar-refractivity contribution in [2.75, 3.05) is 38.2 Å². The number of benzene rings is 1. The second kappa shape index (κ2) is 14.9. The van der Waals surface area contributed by atoms with Crippen LogP contribution in [0.4, 0.5) is 14.6 Å². The average Bonchev–Trinajstić information content (AvgIpc) is 3.75. The Morgan fingerprint density at radius 1 is 1.11 bits per heavy atom. The molecule has 252 valence electrons. The zero-order valence-corrected chi connectivity index (χ0v) is 27.5. The molecular weight excluding hydrogens is 632 g/mol. The van der Waals surface area contributed by atoms with Crippen molar-refractivity contribution < 1.29 is 27.8 Å². The zero-order chi connectivity index (χ0) is 33.7. The van der Waals surface area contributed by atoms with Gasteiger partial charge in [-0.05, 0) is 73.6 Å². The molecule has 3 fully saturated rings. The van der Waals surface area contributed by atoms with Crippen LogP contribution in [-0.4, -0.2) is 71.1 Å². The topological polar surface area (TPSA) is 115 Å². The predicted molar refractivity (Wildman–Crippen MR) is 176 cm³/mol. The first kappa shape index (κ1) is 34.5. The van der Waals surface area contributed by atoms with Gasteiger partial charge in [-0.3, -0.25) is 14.4 Å². The number of pyridine rings is 2. The molecule has 13 heteroatoms. The van der Waals surface area contributed by atoms with E-state index in [-0.39, 0.29) is 46.6 Å². The molecule has 0 radical (unpaired) electrons. The summed E-state index contributed by atoms with van der Waals surface area (Å²) in [5.74, 6) is -3.91. The Labute approximate surface area is 277 Å². The van der Waals surface area contributed by atoms with Gasteiger partial charge in [0.2, 0.25) is 5.88 Å². The lowest BCUT2D eigenvalue weighted by atomic mass is 9.97. The summed E-state index contributed by atoms with van der Waals surface area (Å²) in [6.45, 7) is 6.58. The molecule has 47 heavy (non-hydrogen) atoms. The number of carbonyl (C=O) groups excluding carboxylic acids is 2. The number of hydrogen-bond donors (Lipinski definition) is 2. The highest BCUT2D eigenvalue weighted by atomic mass is 35.5. The smallest absolute Gasteiger partial charge is 0.282 e. The fourth-order valence-corrected chi connectivity index (χ4v) is 5.80. The van der Waals surface area contributed by atoms with E-state index < -0.39 is 36.4 Å². The van der Waals surface area contributed by atoms with Crippen LogP contribution in [0.25, 0.3) is 11.1 Å². The Balaban J connectivity index is 0.00000213. The van der Waals surface area contributed by atoms with Crippen LogP contribution in [0.2, 0.25) is 5.02 Å². The van der Waals surface area contributed by atoms with Crippen LogP contribution in [0.15, 0.2) is 47.4 Å². The van der Waals surface area contributed by atoms with Gasteiger partial charge >= 0.3 is 0 Å². The highest BCUT2D eigenvalue weighted by Gasteiger charge is 2.46. The lowest BCUT2D eigenvalue weighted by Gasteiger charge is -2.39. The van der Waals surface area contributed by atoms with Crippen LogP contribution in [0, 0.1) is 0 Å². The molecule has 3 aromatic rings. The van der Waals surface area contributed by atoms with Gasteiger partial charge in [0.05, 0.1) is 25.8 Å². The average molecular weight is 672 g/mol. The summed E-state index contributed by atoms with van der Waals surface area (Å²) in [4.78, 5) is 45.6. The minimum Gasteiger partial charge on any atom is -0.478 e. The van der Waals surface area contributed by atoms with Crippen LogP contribution in [0.3, 0.4) is 0 Å². The van der Waals surface area contributed by atoms with Gasteiger partial charge in [0.1, 0.15) is 11.4 Å².